The third-order valence-electron chi connectivity index (χ3n) is 4.28. The van der Waals surface area contributed by atoms with Crippen LogP contribution in [0.1, 0.15) is 34.9 Å². The largest absolute Gasteiger partial charge is 0.481 e. The number of rotatable bonds is 5. The van der Waals surface area contributed by atoms with Crippen LogP contribution in [0.4, 0.5) is 0 Å². The van der Waals surface area contributed by atoms with E-state index >= 15 is 0 Å². The number of amides is 1. The molecule has 0 saturated heterocycles. The SMILES string of the molecule is COc1ccc([C@H](NC(=O)c2cncn2C)C2CC(O)C2)cn1. The number of carbonyl (C=O) groups is 1. The van der Waals surface area contributed by atoms with Crippen LogP contribution in [0.25, 0.3) is 0 Å². The Balaban J connectivity index is 1.80. The molecule has 1 aliphatic carbocycles. The Kier molecular flexibility index (Phi) is 4.29. The predicted octanol–water partition coefficient (Wildman–Crippen LogP) is 1.07. The minimum Gasteiger partial charge on any atom is -0.481 e. The van der Waals surface area contributed by atoms with Crippen LogP contribution in [0, 0.1) is 5.92 Å². The third kappa shape index (κ3) is 3.19. The van der Waals surface area contributed by atoms with Crippen molar-refractivity contribution < 1.29 is 14.6 Å². The predicted molar refractivity (Wildman–Crippen MR) is 82.9 cm³/mol. The maximum absolute atomic E-state index is 12.5. The summed E-state index contributed by atoms with van der Waals surface area (Å²) in [5.41, 5.74) is 1.40. The fraction of sp³-hybridized carbons (Fsp3) is 0.438. The van der Waals surface area contributed by atoms with Gasteiger partial charge < -0.3 is 19.7 Å². The molecular formula is C16H20N4O3. The zero-order valence-corrected chi connectivity index (χ0v) is 13.1. The van der Waals surface area contributed by atoms with Crippen molar-refractivity contribution in [3.63, 3.8) is 0 Å². The van der Waals surface area contributed by atoms with Crippen molar-refractivity contribution >= 4 is 5.91 Å². The van der Waals surface area contributed by atoms with Crippen LogP contribution in [0.15, 0.2) is 30.9 Å². The highest BCUT2D eigenvalue weighted by molar-refractivity contribution is 5.92. The Hall–Kier alpha value is -2.41. The summed E-state index contributed by atoms with van der Waals surface area (Å²) in [5.74, 6) is 0.531. The number of hydrogen-bond donors (Lipinski definition) is 2. The number of nitrogens with one attached hydrogen (secondary N) is 1. The lowest BCUT2D eigenvalue weighted by atomic mass is 9.75. The molecule has 1 aliphatic rings. The summed E-state index contributed by atoms with van der Waals surface area (Å²) in [4.78, 5) is 20.7. The quantitative estimate of drug-likeness (QED) is 0.861. The molecule has 2 aromatic heterocycles. The first-order chi connectivity index (χ1) is 11.1. The molecule has 122 valence electrons. The lowest BCUT2D eigenvalue weighted by Gasteiger charge is -2.38. The Morgan fingerprint density at radius 3 is 2.74 bits per heavy atom. The van der Waals surface area contributed by atoms with E-state index in [-0.39, 0.29) is 24.0 Å². The molecule has 2 aromatic rings. The molecule has 7 nitrogen and oxygen atoms in total. The van der Waals surface area contributed by atoms with Gasteiger partial charge in [-0.05, 0) is 24.3 Å². The smallest absolute Gasteiger partial charge is 0.270 e. The number of methoxy groups -OCH3 is 1. The van der Waals surface area contributed by atoms with E-state index in [1.165, 1.54) is 6.20 Å². The molecule has 0 aromatic carbocycles. The van der Waals surface area contributed by atoms with Gasteiger partial charge in [-0.1, -0.05) is 6.07 Å². The van der Waals surface area contributed by atoms with Gasteiger partial charge >= 0.3 is 0 Å². The van der Waals surface area contributed by atoms with Crippen molar-refractivity contribution in [3.05, 3.63) is 42.1 Å². The Morgan fingerprint density at radius 2 is 2.22 bits per heavy atom. The number of pyridine rings is 1. The molecule has 1 atom stereocenters. The first-order valence-corrected chi connectivity index (χ1v) is 7.53. The zero-order chi connectivity index (χ0) is 16.4. The van der Waals surface area contributed by atoms with Gasteiger partial charge in [-0.15, -0.1) is 0 Å². The second-order valence-corrected chi connectivity index (χ2v) is 5.86. The topological polar surface area (TPSA) is 89.3 Å². The van der Waals surface area contributed by atoms with Gasteiger partial charge in [-0.25, -0.2) is 9.97 Å². The first-order valence-electron chi connectivity index (χ1n) is 7.53. The third-order valence-corrected chi connectivity index (χ3v) is 4.28. The second kappa shape index (κ2) is 6.37. The molecule has 3 rings (SSSR count). The highest BCUT2D eigenvalue weighted by atomic mass is 16.5. The van der Waals surface area contributed by atoms with Crippen molar-refractivity contribution in [3.8, 4) is 5.88 Å². The van der Waals surface area contributed by atoms with E-state index in [0.717, 1.165) is 5.56 Å². The summed E-state index contributed by atoms with van der Waals surface area (Å²) in [6, 6.07) is 3.47. The van der Waals surface area contributed by atoms with Gasteiger partial charge in [0.2, 0.25) is 5.88 Å². The molecule has 0 aliphatic heterocycles. The van der Waals surface area contributed by atoms with Crippen LogP contribution in [0.3, 0.4) is 0 Å². The molecule has 23 heavy (non-hydrogen) atoms. The van der Waals surface area contributed by atoms with Crippen LogP contribution < -0.4 is 10.1 Å². The standard InChI is InChI=1S/C16H20N4O3/c1-20-9-17-8-13(20)16(22)19-15(11-5-12(21)6-11)10-3-4-14(23-2)18-7-10/h3-4,7-9,11-12,15,21H,5-6H2,1-2H3,(H,19,22)/t11?,12?,15-/m0/s1. The van der Waals surface area contributed by atoms with Gasteiger partial charge in [-0.2, -0.15) is 0 Å². The molecule has 2 heterocycles. The Labute approximate surface area is 134 Å². The molecule has 1 amide bonds. The van der Waals surface area contributed by atoms with E-state index < -0.39 is 0 Å². The summed E-state index contributed by atoms with van der Waals surface area (Å²) >= 11 is 0. The van der Waals surface area contributed by atoms with Crippen LogP contribution >= 0.6 is 0 Å². The van der Waals surface area contributed by atoms with Crippen molar-refractivity contribution in [2.24, 2.45) is 13.0 Å². The maximum Gasteiger partial charge on any atom is 0.270 e. The van der Waals surface area contributed by atoms with E-state index in [1.54, 1.807) is 37.3 Å². The van der Waals surface area contributed by atoms with Gasteiger partial charge in [0.15, 0.2) is 0 Å². The number of aliphatic hydroxyl groups excluding tert-OH is 1. The summed E-state index contributed by atoms with van der Waals surface area (Å²) in [6.45, 7) is 0. The monoisotopic (exact) mass is 316 g/mol. The number of imidazole rings is 1. The summed E-state index contributed by atoms with van der Waals surface area (Å²) in [7, 11) is 3.34. The fourth-order valence-corrected chi connectivity index (χ4v) is 2.86. The number of ether oxygens (including phenoxy) is 1. The summed E-state index contributed by atoms with van der Waals surface area (Å²) in [6.07, 6.45) is 5.88. The van der Waals surface area contributed by atoms with Crippen molar-refractivity contribution in [1.82, 2.24) is 19.9 Å². The van der Waals surface area contributed by atoms with Crippen molar-refractivity contribution in [2.45, 2.75) is 25.0 Å². The second-order valence-electron chi connectivity index (χ2n) is 5.86. The van der Waals surface area contributed by atoms with Gasteiger partial charge in [0.25, 0.3) is 5.91 Å². The van der Waals surface area contributed by atoms with Crippen LogP contribution in [-0.4, -0.2) is 38.8 Å². The van der Waals surface area contributed by atoms with Gasteiger partial charge in [0.1, 0.15) is 5.69 Å². The number of carbonyl (C=O) groups excluding carboxylic acids is 1. The summed E-state index contributed by atoms with van der Waals surface area (Å²) < 4.78 is 6.75. The molecule has 0 unspecified atom stereocenters. The van der Waals surface area contributed by atoms with Crippen LogP contribution in [-0.2, 0) is 7.05 Å². The molecule has 1 fully saturated rings. The number of hydrogen-bond acceptors (Lipinski definition) is 5. The number of aromatic nitrogens is 3. The summed E-state index contributed by atoms with van der Waals surface area (Å²) in [5, 5.41) is 12.6. The van der Waals surface area contributed by atoms with E-state index in [9.17, 15) is 9.90 Å². The van der Waals surface area contributed by atoms with Gasteiger partial charge in [0.05, 0.1) is 31.8 Å². The minimum atomic E-state index is -0.290. The number of aliphatic hydroxyl groups is 1. The minimum absolute atomic E-state index is 0.188. The van der Waals surface area contributed by atoms with Crippen LogP contribution in [0.2, 0.25) is 0 Å². The molecule has 7 heteroatoms. The lowest BCUT2D eigenvalue weighted by molar-refractivity contribution is 0.0233. The van der Waals surface area contributed by atoms with Gasteiger partial charge in [0, 0.05) is 19.3 Å². The highest BCUT2D eigenvalue weighted by Gasteiger charge is 2.36. The van der Waals surface area contributed by atoms with E-state index in [0.29, 0.717) is 24.4 Å². The average molecular weight is 316 g/mol. The molecule has 2 N–H and O–H groups in total. The molecule has 1 saturated carbocycles. The first kappa shape index (κ1) is 15.5. The Bertz CT molecular complexity index is 677. The highest BCUT2D eigenvalue weighted by Crippen LogP contribution is 2.38. The van der Waals surface area contributed by atoms with E-state index in [1.807, 2.05) is 6.07 Å². The van der Waals surface area contributed by atoms with Crippen molar-refractivity contribution in [1.29, 1.82) is 0 Å². The molecular weight excluding hydrogens is 296 g/mol. The van der Waals surface area contributed by atoms with E-state index in [4.69, 9.17) is 4.74 Å². The molecule has 0 bridgehead atoms. The number of aryl methyl sites for hydroxylation is 1. The van der Waals surface area contributed by atoms with Gasteiger partial charge in [-0.3, -0.25) is 4.79 Å². The van der Waals surface area contributed by atoms with Crippen LogP contribution in [0.5, 0.6) is 5.88 Å². The molecule has 0 spiro atoms. The van der Waals surface area contributed by atoms with E-state index in [2.05, 4.69) is 15.3 Å². The average Bonchev–Trinajstić information content (AvgIpc) is 2.96. The fourth-order valence-electron chi connectivity index (χ4n) is 2.86. The number of nitrogens with zero attached hydrogens (tertiary/aromatic N) is 3. The Morgan fingerprint density at radius 1 is 1.43 bits per heavy atom. The molecule has 0 radical (unpaired) electrons. The lowest BCUT2D eigenvalue weighted by Crippen LogP contribution is -2.41. The maximum atomic E-state index is 12.5. The zero-order valence-electron chi connectivity index (χ0n) is 13.1. The normalized spacial score (nSPS) is 21.3. The van der Waals surface area contributed by atoms with Crippen molar-refractivity contribution in [2.75, 3.05) is 7.11 Å².